The van der Waals surface area contributed by atoms with Crippen LogP contribution < -0.4 is 4.90 Å². The quantitative estimate of drug-likeness (QED) is 0.547. The minimum Gasteiger partial charge on any atom is -0.462 e. The summed E-state index contributed by atoms with van der Waals surface area (Å²) in [5.41, 5.74) is 1.88. The van der Waals surface area contributed by atoms with E-state index in [1.807, 2.05) is 48.5 Å². The van der Waals surface area contributed by atoms with E-state index in [9.17, 15) is 14.4 Å². The monoisotopic (exact) mass is 418 g/mol. The molecule has 2 aliphatic rings. The van der Waals surface area contributed by atoms with E-state index in [2.05, 4.69) is 0 Å². The van der Waals surface area contributed by atoms with E-state index in [-0.39, 0.29) is 24.5 Å². The Kier molecular flexibility index (Phi) is 5.58. The Bertz CT molecular complexity index is 1090. The van der Waals surface area contributed by atoms with E-state index >= 15 is 0 Å². The average Bonchev–Trinajstić information content (AvgIpc) is 2.79. The largest absolute Gasteiger partial charge is 0.462 e. The maximum Gasteiger partial charge on any atom is 0.356 e. The van der Waals surface area contributed by atoms with Crippen molar-refractivity contribution in [2.24, 2.45) is 0 Å². The number of anilines is 1. The van der Waals surface area contributed by atoms with E-state index in [1.54, 1.807) is 37.1 Å². The molecule has 4 rings (SSSR count). The molecule has 158 valence electrons. The second-order valence-corrected chi connectivity index (χ2v) is 6.90. The SMILES string of the molecule is CCOC(=O)C1=C(C(=O)OCC)N2C=Cc3ccccc3C2N(c2ccccc2)C1=O. The molecule has 1 atom stereocenters. The van der Waals surface area contributed by atoms with Gasteiger partial charge in [-0.1, -0.05) is 42.5 Å². The van der Waals surface area contributed by atoms with Crippen LogP contribution in [0.4, 0.5) is 5.69 Å². The molecule has 2 aliphatic heterocycles. The summed E-state index contributed by atoms with van der Waals surface area (Å²) in [5, 5.41) is 0. The lowest BCUT2D eigenvalue weighted by molar-refractivity contribution is -0.145. The Hall–Kier alpha value is -3.87. The highest BCUT2D eigenvalue weighted by molar-refractivity contribution is 6.26. The number of nitrogens with zero attached hydrogens (tertiary/aromatic N) is 2. The van der Waals surface area contributed by atoms with Crippen molar-refractivity contribution >= 4 is 29.6 Å². The third kappa shape index (κ3) is 3.48. The van der Waals surface area contributed by atoms with Crippen LogP contribution in [0.15, 0.2) is 72.1 Å². The molecule has 2 heterocycles. The van der Waals surface area contributed by atoms with Gasteiger partial charge in [0.25, 0.3) is 5.91 Å². The number of carbonyl (C=O) groups is 3. The van der Waals surface area contributed by atoms with Crippen molar-refractivity contribution in [3.05, 3.63) is 83.2 Å². The minimum atomic E-state index is -0.859. The van der Waals surface area contributed by atoms with Crippen molar-refractivity contribution in [1.29, 1.82) is 0 Å². The first-order valence-electron chi connectivity index (χ1n) is 10.1. The van der Waals surface area contributed by atoms with Crippen molar-refractivity contribution in [3.63, 3.8) is 0 Å². The molecule has 7 nitrogen and oxygen atoms in total. The molecule has 2 aromatic carbocycles. The number of para-hydroxylation sites is 1. The van der Waals surface area contributed by atoms with Crippen molar-refractivity contribution in [2.75, 3.05) is 18.1 Å². The fourth-order valence-electron chi connectivity index (χ4n) is 3.85. The Labute approximate surface area is 180 Å². The minimum absolute atomic E-state index is 0.0686. The van der Waals surface area contributed by atoms with Gasteiger partial charge in [0.15, 0.2) is 5.57 Å². The van der Waals surface area contributed by atoms with Crippen LogP contribution in [-0.4, -0.2) is 36.0 Å². The van der Waals surface area contributed by atoms with Gasteiger partial charge in [0, 0.05) is 17.5 Å². The first-order chi connectivity index (χ1) is 15.1. The number of esters is 2. The summed E-state index contributed by atoms with van der Waals surface area (Å²) in [6.07, 6.45) is 2.88. The Morgan fingerprint density at radius 1 is 0.903 bits per heavy atom. The van der Waals surface area contributed by atoms with Crippen LogP contribution in [0, 0.1) is 0 Å². The number of hydrogen-bond acceptors (Lipinski definition) is 6. The van der Waals surface area contributed by atoms with Crippen molar-refractivity contribution in [1.82, 2.24) is 4.90 Å². The summed E-state index contributed by atoms with van der Waals surface area (Å²) in [5.74, 6) is -2.22. The highest BCUT2D eigenvalue weighted by Crippen LogP contribution is 2.43. The molecule has 0 N–H and O–H groups in total. The third-order valence-electron chi connectivity index (χ3n) is 5.11. The molecule has 2 aromatic rings. The van der Waals surface area contributed by atoms with Crippen LogP contribution in [0.5, 0.6) is 0 Å². The lowest BCUT2D eigenvalue weighted by atomic mass is 9.94. The van der Waals surface area contributed by atoms with E-state index in [0.717, 1.165) is 11.1 Å². The molecule has 0 saturated heterocycles. The van der Waals surface area contributed by atoms with Gasteiger partial charge in [0.2, 0.25) is 0 Å². The summed E-state index contributed by atoms with van der Waals surface area (Å²) in [6.45, 7) is 3.49. The van der Waals surface area contributed by atoms with Crippen molar-refractivity contribution < 1.29 is 23.9 Å². The maximum atomic E-state index is 13.7. The third-order valence-corrected chi connectivity index (χ3v) is 5.11. The molecule has 0 aliphatic carbocycles. The summed E-state index contributed by atoms with van der Waals surface area (Å²) < 4.78 is 10.4. The lowest BCUT2D eigenvalue weighted by Crippen LogP contribution is -2.52. The zero-order valence-corrected chi connectivity index (χ0v) is 17.3. The number of rotatable bonds is 5. The highest BCUT2D eigenvalue weighted by atomic mass is 16.5. The van der Waals surface area contributed by atoms with Crippen LogP contribution in [0.2, 0.25) is 0 Å². The fourth-order valence-corrected chi connectivity index (χ4v) is 3.85. The van der Waals surface area contributed by atoms with E-state index in [4.69, 9.17) is 9.47 Å². The number of fused-ring (bicyclic) bond motifs is 3. The van der Waals surface area contributed by atoms with Gasteiger partial charge in [-0.05, 0) is 37.6 Å². The second-order valence-electron chi connectivity index (χ2n) is 6.90. The molecule has 0 radical (unpaired) electrons. The normalized spacial score (nSPS) is 17.2. The van der Waals surface area contributed by atoms with E-state index < -0.39 is 24.0 Å². The number of benzene rings is 2. The Balaban J connectivity index is 1.99. The average molecular weight is 418 g/mol. The molecular weight excluding hydrogens is 396 g/mol. The predicted octanol–water partition coefficient (Wildman–Crippen LogP) is 3.40. The van der Waals surface area contributed by atoms with E-state index in [0.29, 0.717) is 5.69 Å². The molecule has 1 unspecified atom stereocenters. The Morgan fingerprint density at radius 2 is 1.55 bits per heavy atom. The van der Waals surface area contributed by atoms with Gasteiger partial charge < -0.3 is 14.4 Å². The topological polar surface area (TPSA) is 76.2 Å². The number of ether oxygens (including phenoxy) is 2. The lowest BCUT2D eigenvalue weighted by Gasteiger charge is -2.45. The molecule has 0 spiro atoms. The summed E-state index contributed by atoms with van der Waals surface area (Å²) in [4.78, 5) is 42.6. The van der Waals surface area contributed by atoms with E-state index in [1.165, 1.54) is 4.90 Å². The first-order valence-corrected chi connectivity index (χ1v) is 10.1. The van der Waals surface area contributed by atoms with Gasteiger partial charge in [-0.2, -0.15) is 0 Å². The van der Waals surface area contributed by atoms with Gasteiger partial charge >= 0.3 is 11.9 Å². The van der Waals surface area contributed by atoms with Crippen LogP contribution in [-0.2, 0) is 23.9 Å². The number of amides is 1. The molecular formula is C24H22N2O5. The highest BCUT2D eigenvalue weighted by Gasteiger charge is 2.47. The molecule has 0 aromatic heterocycles. The number of hydrogen-bond donors (Lipinski definition) is 0. The molecule has 0 bridgehead atoms. The van der Waals surface area contributed by atoms with Crippen LogP contribution in [0.25, 0.3) is 6.08 Å². The predicted molar refractivity (Wildman–Crippen MR) is 114 cm³/mol. The zero-order valence-electron chi connectivity index (χ0n) is 17.3. The van der Waals surface area contributed by atoms with Gasteiger partial charge in [-0.3, -0.25) is 9.69 Å². The Morgan fingerprint density at radius 3 is 2.26 bits per heavy atom. The summed E-state index contributed by atoms with van der Waals surface area (Å²) >= 11 is 0. The van der Waals surface area contributed by atoms with Gasteiger partial charge in [-0.25, -0.2) is 9.59 Å². The molecule has 31 heavy (non-hydrogen) atoms. The fraction of sp³-hybridized carbons (Fsp3) is 0.208. The standard InChI is InChI=1S/C24H22N2O5/c1-3-30-23(28)19-20(24(29)31-4-2)25-15-14-16-10-8-9-13-18(16)21(25)26(22(19)27)17-11-6-5-7-12-17/h5-15,21H,3-4H2,1-2H3. The van der Waals surface area contributed by atoms with Crippen LogP contribution in [0.3, 0.4) is 0 Å². The first kappa shape index (κ1) is 20.4. The van der Waals surface area contributed by atoms with Crippen molar-refractivity contribution in [2.45, 2.75) is 20.0 Å². The molecule has 7 heteroatoms. The molecule has 0 saturated carbocycles. The smallest absolute Gasteiger partial charge is 0.356 e. The zero-order chi connectivity index (χ0) is 22.0. The van der Waals surface area contributed by atoms with Gasteiger partial charge in [-0.15, -0.1) is 0 Å². The molecule has 0 fully saturated rings. The second kappa shape index (κ2) is 8.47. The van der Waals surface area contributed by atoms with Crippen LogP contribution >= 0.6 is 0 Å². The van der Waals surface area contributed by atoms with Gasteiger partial charge in [0.1, 0.15) is 11.9 Å². The molecule has 1 amide bonds. The summed E-state index contributed by atoms with van der Waals surface area (Å²) in [6, 6.07) is 16.7. The number of carbonyl (C=O) groups excluding carboxylic acids is 3. The maximum absolute atomic E-state index is 13.7. The van der Waals surface area contributed by atoms with Crippen LogP contribution in [0.1, 0.15) is 31.1 Å². The van der Waals surface area contributed by atoms with Gasteiger partial charge in [0.05, 0.1) is 13.2 Å². The van der Waals surface area contributed by atoms with Crippen molar-refractivity contribution in [3.8, 4) is 0 Å². The summed E-state index contributed by atoms with van der Waals surface area (Å²) in [7, 11) is 0.